The van der Waals surface area contributed by atoms with Crippen LogP contribution in [0, 0.1) is 0 Å². The molecular weight excluding hydrogens is 138 g/mol. The predicted molar refractivity (Wildman–Crippen MR) is 49.7 cm³/mol. The lowest BCUT2D eigenvalue weighted by Gasteiger charge is -2.32. The summed E-state index contributed by atoms with van der Waals surface area (Å²) in [7, 11) is 4.17. The van der Waals surface area contributed by atoms with Gasteiger partial charge in [-0.3, -0.25) is 0 Å². The molecule has 0 fully saturated rings. The van der Waals surface area contributed by atoms with Crippen molar-refractivity contribution in [3.05, 3.63) is 0 Å². The third-order valence-corrected chi connectivity index (χ3v) is 2.09. The molecule has 0 amide bonds. The van der Waals surface area contributed by atoms with E-state index in [2.05, 4.69) is 38.2 Å². The molecule has 0 aromatic heterocycles. The summed E-state index contributed by atoms with van der Waals surface area (Å²) in [6.45, 7) is 7.00. The SMILES string of the molecule is CN(C)C(C)(C)CNCCN. The van der Waals surface area contributed by atoms with Crippen molar-refractivity contribution in [1.82, 2.24) is 10.2 Å². The average Bonchev–Trinajstić information content (AvgIpc) is 1.88. The van der Waals surface area contributed by atoms with Crippen LogP contribution in [-0.4, -0.2) is 44.2 Å². The summed E-state index contributed by atoms with van der Waals surface area (Å²) in [6.07, 6.45) is 0. The van der Waals surface area contributed by atoms with Crippen molar-refractivity contribution in [3.63, 3.8) is 0 Å². The van der Waals surface area contributed by atoms with E-state index in [-0.39, 0.29) is 5.54 Å². The van der Waals surface area contributed by atoms with Gasteiger partial charge in [-0.25, -0.2) is 0 Å². The Balaban J connectivity index is 3.55. The number of nitrogens with one attached hydrogen (secondary N) is 1. The smallest absolute Gasteiger partial charge is 0.0271 e. The Labute approximate surface area is 69.9 Å². The summed E-state index contributed by atoms with van der Waals surface area (Å²) in [5.41, 5.74) is 5.58. The highest BCUT2D eigenvalue weighted by Crippen LogP contribution is 2.06. The molecule has 0 radical (unpaired) electrons. The molecule has 0 unspecified atom stereocenters. The summed E-state index contributed by atoms with van der Waals surface area (Å²) in [4.78, 5) is 2.20. The maximum absolute atomic E-state index is 5.36. The van der Waals surface area contributed by atoms with Gasteiger partial charge >= 0.3 is 0 Å². The van der Waals surface area contributed by atoms with Gasteiger partial charge in [0.05, 0.1) is 0 Å². The van der Waals surface area contributed by atoms with Crippen molar-refractivity contribution in [1.29, 1.82) is 0 Å². The van der Waals surface area contributed by atoms with E-state index < -0.39 is 0 Å². The van der Waals surface area contributed by atoms with Crippen LogP contribution in [-0.2, 0) is 0 Å². The molecule has 0 heterocycles. The fourth-order valence-corrected chi connectivity index (χ4v) is 0.654. The highest BCUT2D eigenvalue weighted by Gasteiger charge is 2.18. The summed E-state index contributed by atoms with van der Waals surface area (Å²) in [5.74, 6) is 0. The van der Waals surface area contributed by atoms with E-state index in [1.807, 2.05) is 0 Å². The normalized spacial score (nSPS) is 12.5. The maximum Gasteiger partial charge on any atom is 0.0271 e. The molecule has 68 valence electrons. The van der Waals surface area contributed by atoms with Crippen LogP contribution in [0.4, 0.5) is 0 Å². The number of hydrogen-bond donors (Lipinski definition) is 2. The highest BCUT2D eigenvalue weighted by molar-refractivity contribution is 4.79. The topological polar surface area (TPSA) is 41.3 Å². The van der Waals surface area contributed by atoms with E-state index in [4.69, 9.17) is 5.73 Å². The van der Waals surface area contributed by atoms with Crippen LogP contribution in [0.3, 0.4) is 0 Å². The highest BCUT2D eigenvalue weighted by atomic mass is 15.2. The molecule has 0 aliphatic rings. The first kappa shape index (κ1) is 10.9. The molecule has 3 heteroatoms. The first-order valence-electron chi connectivity index (χ1n) is 4.09. The zero-order valence-corrected chi connectivity index (χ0v) is 8.15. The molecule has 0 rings (SSSR count). The van der Waals surface area contributed by atoms with Gasteiger partial charge in [-0.15, -0.1) is 0 Å². The number of rotatable bonds is 5. The first-order chi connectivity index (χ1) is 5.00. The number of nitrogens with two attached hydrogens (primary N) is 1. The quantitative estimate of drug-likeness (QED) is 0.549. The van der Waals surface area contributed by atoms with E-state index in [9.17, 15) is 0 Å². The van der Waals surface area contributed by atoms with Crippen LogP contribution < -0.4 is 11.1 Å². The lowest BCUT2D eigenvalue weighted by atomic mass is 10.0. The minimum atomic E-state index is 0.217. The molecule has 0 saturated heterocycles. The zero-order chi connectivity index (χ0) is 8.91. The summed E-state index contributed by atoms with van der Waals surface area (Å²) in [5, 5.41) is 3.29. The number of nitrogens with zero attached hydrogens (tertiary/aromatic N) is 1. The van der Waals surface area contributed by atoms with Crippen molar-refractivity contribution in [2.24, 2.45) is 5.73 Å². The van der Waals surface area contributed by atoms with Crippen molar-refractivity contribution in [2.45, 2.75) is 19.4 Å². The minimum Gasteiger partial charge on any atom is -0.329 e. The molecule has 0 atom stereocenters. The van der Waals surface area contributed by atoms with Crippen LogP contribution in [0.1, 0.15) is 13.8 Å². The lowest BCUT2D eigenvalue weighted by molar-refractivity contribution is 0.191. The Morgan fingerprint density at radius 2 is 1.91 bits per heavy atom. The number of likely N-dealkylation sites (N-methyl/N-ethyl adjacent to an activating group) is 1. The Morgan fingerprint density at radius 1 is 1.36 bits per heavy atom. The average molecular weight is 159 g/mol. The monoisotopic (exact) mass is 159 g/mol. The Morgan fingerprint density at radius 3 is 2.27 bits per heavy atom. The van der Waals surface area contributed by atoms with E-state index >= 15 is 0 Å². The molecule has 3 nitrogen and oxygen atoms in total. The van der Waals surface area contributed by atoms with Gasteiger partial charge in [0.1, 0.15) is 0 Å². The minimum absolute atomic E-state index is 0.217. The summed E-state index contributed by atoms with van der Waals surface area (Å²) >= 11 is 0. The molecule has 0 aromatic rings. The fourth-order valence-electron chi connectivity index (χ4n) is 0.654. The van der Waals surface area contributed by atoms with Crippen molar-refractivity contribution < 1.29 is 0 Å². The lowest BCUT2D eigenvalue weighted by Crippen LogP contribution is -2.47. The Hall–Kier alpha value is -0.120. The van der Waals surface area contributed by atoms with Crippen molar-refractivity contribution in [2.75, 3.05) is 33.7 Å². The van der Waals surface area contributed by atoms with E-state index in [0.29, 0.717) is 6.54 Å². The molecule has 0 aromatic carbocycles. The van der Waals surface area contributed by atoms with Crippen molar-refractivity contribution >= 4 is 0 Å². The van der Waals surface area contributed by atoms with Gasteiger partial charge in [0.25, 0.3) is 0 Å². The molecule has 0 saturated carbocycles. The standard InChI is InChI=1S/C8H21N3/c1-8(2,11(3)4)7-10-6-5-9/h10H,5-7,9H2,1-4H3. The summed E-state index contributed by atoms with van der Waals surface area (Å²) in [6, 6.07) is 0. The largest absolute Gasteiger partial charge is 0.329 e. The fraction of sp³-hybridized carbons (Fsp3) is 1.00. The Kier molecular flexibility index (Phi) is 4.65. The molecule has 0 aliphatic heterocycles. The van der Waals surface area contributed by atoms with Crippen LogP contribution in [0.5, 0.6) is 0 Å². The van der Waals surface area contributed by atoms with Crippen LogP contribution in [0.25, 0.3) is 0 Å². The van der Waals surface area contributed by atoms with E-state index in [1.165, 1.54) is 0 Å². The molecule has 0 aliphatic carbocycles. The van der Waals surface area contributed by atoms with Gasteiger partial charge in [-0.2, -0.15) is 0 Å². The van der Waals surface area contributed by atoms with Gasteiger partial charge < -0.3 is 16.0 Å². The van der Waals surface area contributed by atoms with Gasteiger partial charge in [-0.1, -0.05) is 0 Å². The van der Waals surface area contributed by atoms with Gasteiger partial charge in [0.2, 0.25) is 0 Å². The second-order valence-corrected chi connectivity index (χ2v) is 3.67. The molecular formula is C8H21N3. The second kappa shape index (κ2) is 4.70. The molecule has 0 spiro atoms. The third-order valence-electron chi connectivity index (χ3n) is 2.09. The zero-order valence-electron chi connectivity index (χ0n) is 8.15. The van der Waals surface area contributed by atoms with Crippen LogP contribution in [0.15, 0.2) is 0 Å². The summed E-state index contributed by atoms with van der Waals surface area (Å²) < 4.78 is 0. The predicted octanol–water partition coefficient (Wildman–Crippen LogP) is -0.125. The van der Waals surface area contributed by atoms with Gasteiger partial charge in [-0.05, 0) is 27.9 Å². The second-order valence-electron chi connectivity index (χ2n) is 3.67. The number of hydrogen-bond acceptors (Lipinski definition) is 3. The molecule has 3 N–H and O–H groups in total. The molecule has 11 heavy (non-hydrogen) atoms. The first-order valence-corrected chi connectivity index (χ1v) is 4.09. The van der Waals surface area contributed by atoms with Crippen LogP contribution in [0.2, 0.25) is 0 Å². The molecule has 0 bridgehead atoms. The maximum atomic E-state index is 5.36. The van der Waals surface area contributed by atoms with Crippen molar-refractivity contribution in [3.8, 4) is 0 Å². The van der Waals surface area contributed by atoms with Gasteiger partial charge in [0, 0.05) is 25.2 Å². The van der Waals surface area contributed by atoms with Gasteiger partial charge in [0.15, 0.2) is 0 Å². The van der Waals surface area contributed by atoms with E-state index in [1.54, 1.807) is 0 Å². The Bertz CT molecular complexity index is 99.5. The third kappa shape index (κ3) is 4.35. The van der Waals surface area contributed by atoms with E-state index in [0.717, 1.165) is 13.1 Å². The van der Waals surface area contributed by atoms with Crippen LogP contribution >= 0.6 is 0 Å².